The zero-order valence-electron chi connectivity index (χ0n) is 11.7. The van der Waals surface area contributed by atoms with Gasteiger partial charge < -0.3 is 9.73 Å². The lowest BCUT2D eigenvalue weighted by molar-refractivity contribution is 0.270. The molecule has 0 saturated heterocycles. The Morgan fingerprint density at radius 1 is 1.50 bits per heavy atom. The van der Waals surface area contributed by atoms with Crippen LogP contribution in [0.5, 0.6) is 0 Å². The third-order valence-corrected chi connectivity index (χ3v) is 2.76. The van der Waals surface area contributed by atoms with Crippen molar-refractivity contribution in [3.8, 4) is 12.3 Å². The topological polar surface area (TPSA) is 28.4 Å². The smallest absolute Gasteiger partial charge is 0.122 e. The van der Waals surface area contributed by atoms with Gasteiger partial charge in [-0.25, -0.2) is 0 Å². The zero-order valence-corrected chi connectivity index (χ0v) is 11.7. The van der Waals surface area contributed by atoms with E-state index >= 15 is 0 Å². The maximum absolute atomic E-state index is 5.57. The molecule has 0 bridgehead atoms. The van der Waals surface area contributed by atoms with Gasteiger partial charge in [0.05, 0.1) is 19.4 Å². The first-order valence-corrected chi connectivity index (χ1v) is 6.61. The molecule has 0 amide bonds. The van der Waals surface area contributed by atoms with E-state index in [1.54, 1.807) is 6.26 Å². The second-order valence-electron chi connectivity index (χ2n) is 4.82. The Bertz CT molecular complexity index is 376. The fourth-order valence-corrected chi connectivity index (χ4v) is 1.84. The van der Waals surface area contributed by atoms with Crippen molar-refractivity contribution in [1.82, 2.24) is 10.2 Å². The van der Waals surface area contributed by atoms with Crippen molar-refractivity contribution in [2.24, 2.45) is 0 Å². The number of terminal acetylenes is 1. The Labute approximate surface area is 111 Å². The van der Waals surface area contributed by atoms with Gasteiger partial charge in [0.15, 0.2) is 0 Å². The molecule has 1 aromatic rings. The van der Waals surface area contributed by atoms with Gasteiger partial charge in [-0.2, -0.15) is 0 Å². The molecule has 1 N–H and O–H groups in total. The molecule has 0 atom stereocenters. The number of hydrogen-bond donors (Lipinski definition) is 1. The molecule has 0 fully saturated rings. The largest absolute Gasteiger partial charge is 0.468 e. The summed E-state index contributed by atoms with van der Waals surface area (Å²) in [5.74, 6) is 3.72. The minimum atomic E-state index is 0.477. The average Bonchev–Trinajstić information content (AvgIpc) is 2.74. The van der Waals surface area contributed by atoms with Gasteiger partial charge in [0.25, 0.3) is 0 Å². The highest BCUT2D eigenvalue weighted by atomic mass is 16.3. The third kappa shape index (κ3) is 4.95. The van der Waals surface area contributed by atoms with E-state index in [-0.39, 0.29) is 0 Å². The van der Waals surface area contributed by atoms with Crippen LogP contribution in [-0.4, -0.2) is 24.0 Å². The van der Waals surface area contributed by atoms with Crippen LogP contribution >= 0.6 is 0 Å². The molecule has 18 heavy (non-hydrogen) atoms. The SMILES string of the molecule is C#CCN(CCC)Cc1occc1CNC(C)C. The number of nitrogens with one attached hydrogen (secondary N) is 1. The van der Waals surface area contributed by atoms with Crippen molar-refractivity contribution >= 4 is 0 Å². The molecule has 0 saturated carbocycles. The lowest BCUT2D eigenvalue weighted by atomic mass is 10.2. The molecule has 3 nitrogen and oxygen atoms in total. The van der Waals surface area contributed by atoms with E-state index in [9.17, 15) is 0 Å². The van der Waals surface area contributed by atoms with Gasteiger partial charge in [-0.3, -0.25) is 4.90 Å². The van der Waals surface area contributed by atoms with Crippen molar-refractivity contribution < 1.29 is 4.42 Å². The van der Waals surface area contributed by atoms with Crippen molar-refractivity contribution in [1.29, 1.82) is 0 Å². The molecule has 100 valence electrons. The summed E-state index contributed by atoms with van der Waals surface area (Å²) in [7, 11) is 0. The maximum Gasteiger partial charge on any atom is 0.122 e. The molecule has 0 unspecified atom stereocenters. The summed E-state index contributed by atoms with van der Waals surface area (Å²) in [5.41, 5.74) is 1.22. The Morgan fingerprint density at radius 3 is 2.89 bits per heavy atom. The number of nitrogens with zero attached hydrogens (tertiary/aromatic N) is 1. The predicted molar refractivity (Wildman–Crippen MR) is 75.1 cm³/mol. The molecular formula is C15H24N2O. The summed E-state index contributed by atoms with van der Waals surface area (Å²) >= 11 is 0. The Hall–Kier alpha value is -1.24. The summed E-state index contributed by atoms with van der Waals surface area (Å²) in [6.07, 6.45) is 8.25. The highest BCUT2D eigenvalue weighted by molar-refractivity contribution is 5.17. The van der Waals surface area contributed by atoms with Gasteiger partial charge in [0.1, 0.15) is 5.76 Å². The van der Waals surface area contributed by atoms with E-state index in [4.69, 9.17) is 10.8 Å². The lowest BCUT2D eigenvalue weighted by Crippen LogP contribution is -2.26. The molecule has 0 radical (unpaired) electrons. The van der Waals surface area contributed by atoms with Crippen molar-refractivity contribution in [2.45, 2.75) is 46.3 Å². The number of hydrogen-bond acceptors (Lipinski definition) is 3. The monoisotopic (exact) mass is 248 g/mol. The summed E-state index contributed by atoms with van der Waals surface area (Å²) in [6.45, 7) is 9.75. The van der Waals surface area contributed by atoms with Crippen LogP contribution in [0.15, 0.2) is 16.7 Å². The zero-order chi connectivity index (χ0) is 13.4. The molecule has 0 aromatic carbocycles. The molecule has 1 rings (SSSR count). The van der Waals surface area contributed by atoms with Gasteiger partial charge in [-0.1, -0.05) is 26.7 Å². The van der Waals surface area contributed by atoms with Crippen LogP contribution in [0.25, 0.3) is 0 Å². The quantitative estimate of drug-likeness (QED) is 0.717. The maximum atomic E-state index is 5.57. The predicted octanol–water partition coefficient (Wildman–Crippen LogP) is 2.62. The molecule has 0 aliphatic heterocycles. The molecular weight excluding hydrogens is 224 g/mol. The molecule has 0 aliphatic rings. The van der Waals surface area contributed by atoms with E-state index in [0.29, 0.717) is 12.6 Å². The molecule has 0 spiro atoms. The van der Waals surface area contributed by atoms with Gasteiger partial charge in [0.2, 0.25) is 0 Å². The Balaban J connectivity index is 2.59. The fraction of sp³-hybridized carbons (Fsp3) is 0.600. The van der Waals surface area contributed by atoms with Gasteiger partial charge in [-0.15, -0.1) is 6.42 Å². The van der Waals surface area contributed by atoms with E-state index in [2.05, 4.69) is 36.9 Å². The van der Waals surface area contributed by atoms with Crippen molar-refractivity contribution in [3.63, 3.8) is 0 Å². The van der Waals surface area contributed by atoms with Crippen LogP contribution in [-0.2, 0) is 13.1 Å². The summed E-state index contributed by atoms with van der Waals surface area (Å²) in [6, 6.07) is 2.51. The van der Waals surface area contributed by atoms with Crippen LogP contribution in [0.2, 0.25) is 0 Å². The summed E-state index contributed by atoms with van der Waals surface area (Å²) in [4.78, 5) is 2.23. The van der Waals surface area contributed by atoms with Crippen LogP contribution in [0.3, 0.4) is 0 Å². The highest BCUT2D eigenvalue weighted by Gasteiger charge is 2.11. The van der Waals surface area contributed by atoms with E-state index in [0.717, 1.165) is 31.8 Å². The lowest BCUT2D eigenvalue weighted by Gasteiger charge is -2.18. The molecule has 1 heterocycles. The molecule has 1 aromatic heterocycles. The Morgan fingerprint density at radius 2 is 2.28 bits per heavy atom. The van der Waals surface area contributed by atoms with Gasteiger partial charge >= 0.3 is 0 Å². The highest BCUT2D eigenvalue weighted by Crippen LogP contribution is 2.13. The van der Waals surface area contributed by atoms with Crippen LogP contribution in [0.4, 0.5) is 0 Å². The van der Waals surface area contributed by atoms with E-state index < -0.39 is 0 Å². The van der Waals surface area contributed by atoms with E-state index in [1.165, 1.54) is 5.56 Å². The third-order valence-electron chi connectivity index (χ3n) is 2.76. The first-order chi connectivity index (χ1) is 8.67. The van der Waals surface area contributed by atoms with Gasteiger partial charge in [-0.05, 0) is 19.0 Å². The van der Waals surface area contributed by atoms with Crippen LogP contribution < -0.4 is 5.32 Å². The van der Waals surface area contributed by atoms with Gasteiger partial charge in [0, 0.05) is 18.2 Å². The number of furan rings is 1. The van der Waals surface area contributed by atoms with Crippen LogP contribution in [0, 0.1) is 12.3 Å². The molecule has 3 heteroatoms. The van der Waals surface area contributed by atoms with E-state index in [1.807, 2.05) is 6.07 Å². The Kier molecular flexibility index (Phi) is 6.56. The minimum Gasteiger partial charge on any atom is -0.468 e. The van der Waals surface area contributed by atoms with Crippen molar-refractivity contribution in [3.05, 3.63) is 23.7 Å². The first-order valence-electron chi connectivity index (χ1n) is 6.61. The number of rotatable bonds is 8. The molecule has 0 aliphatic carbocycles. The average molecular weight is 248 g/mol. The first kappa shape index (κ1) is 14.8. The summed E-state index contributed by atoms with van der Waals surface area (Å²) < 4.78 is 5.57. The minimum absolute atomic E-state index is 0.477. The standard InChI is InChI=1S/C15H24N2O/c1-5-8-17(9-6-2)12-15-14(7-10-18-15)11-16-13(3)4/h1,7,10,13,16H,6,8-9,11-12H2,2-4H3. The fourth-order valence-electron chi connectivity index (χ4n) is 1.84. The van der Waals surface area contributed by atoms with Crippen LogP contribution in [0.1, 0.15) is 38.5 Å². The van der Waals surface area contributed by atoms with Crippen molar-refractivity contribution in [2.75, 3.05) is 13.1 Å². The second-order valence-corrected chi connectivity index (χ2v) is 4.82. The normalized spacial score (nSPS) is 11.1. The summed E-state index contributed by atoms with van der Waals surface area (Å²) in [5, 5.41) is 3.41. The second kappa shape index (κ2) is 7.97.